The number of ether oxygens (including phenoxy) is 1. The van der Waals surface area contributed by atoms with E-state index in [-0.39, 0.29) is 17.5 Å². The molecule has 8 heteroatoms. The summed E-state index contributed by atoms with van der Waals surface area (Å²) >= 11 is 0. The van der Waals surface area contributed by atoms with Crippen LogP contribution in [0.4, 0.5) is 0 Å². The van der Waals surface area contributed by atoms with E-state index in [0.717, 1.165) is 62.9 Å². The number of aryl methyl sites for hydroxylation is 1. The lowest BCUT2D eigenvalue weighted by atomic mass is 9.97. The van der Waals surface area contributed by atoms with Crippen LogP contribution < -0.4 is 5.56 Å². The Kier molecular flexibility index (Phi) is 5.12. The number of nitrogens with zero attached hydrogens (tertiary/aromatic N) is 5. The fraction of sp³-hybridized carbons (Fsp3) is 0.545. The molecule has 5 rings (SSSR count). The van der Waals surface area contributed by atoms with E-state index in [2.05, 4.69) is 27.9 Å². The van der Waals surface area contributed by atoms with Crippen molar-refractivity contribution in [3.63, 3.8) is 0 Å². The van der Waals surface area contributed by atoms with Crippen molar-refractivity contribution in [1.82, 2.24) is 29.6 Å². The van der Waals surface area contributed by atoms with Crippen LogP contribution in [0, 0.1) is 12.8 Å². The van der Waals surface area contributed by atoms with Gasteiger partial charge >= 0.3 is 0 Å². The number of rotatable bonds is 4. The van der Waals surface area contributed by atoms with E-state index in [0.29, 0.717) is 11.3 Å². The van der Waals surface area contributed by atoms with Gasteiger partial charge in [0.15, 0.2) is 5.65 Å². The highest BCUT2D eigenvalue weighted by molar-refractivity contribution is 5.77. The smallest absolute Gasteiger partial charge is 0.262 e. The molecule has 2 aliphatic rings. The molecule has 158 valence electrons. The summed E-state index contributed by atoms with van der Waals surface area (Å²) in [6, 6.07) is 4.31. The van der Waals surface area contributed by atoms with Crippen LogP contribution in [-0.2, 0) is 11.3 Å². The summed E-state index contributed by atoms with van der Waals surface area (Å²) in [5.41, 5.74) is 2.59. The van der Waals surface area contributed by atoms with Crippen LogP contribution in [0.2, 0.25) is 0 Å². The summed E-state index contributed by atoms with van der Waals surface area (Å²) in [4.78, 5) is 27.6. The summed E-state index contributed by atoms with van der Waals surface area (Å²) in [5, 5.41) is 5.31. The zero-order valence-corrected chi connectivity index (χ0v) is 17.5. The Labute approximate surface area is 175 Å². The molecule has 1 N–H and O–H groups in total. The highest BCUT2D eigenvalue weighted by Crippen LogP contribution is 2.32. The summed E-state index contributed by atoms with van der Waals surface area (Å²) in [6.07, 6.45) is 5.52. The second kappa shape index (κ2) is 7.92. The Hall–Kier alpha value is -2.58. The van der Waals surface area contributed by atoms with Gasteiger partial charge in [-0.15, -0.1) is 0 Å². The van der Waals surface area contributed by atoms with E-state index in [1.165, 1.54) is 5.56 Å². The Balaban J connectivity index is 1.46. The third kappa shape index (κ3) is 3.54. The largest absolute Gasteiger partial charge is 0.381 e. The minimum atomic E-state index is -0.0799. The van der Waals surface area contributed by atoms with Crippen molar-refractivity contribution in [2.45, 2.75) is 45.2 Å². The number of aromatic amines is 1. The van der Waals surface area contributed by atoms with Gasteiger partial charge in [0, 0.05) is 51.2 Å². The average Bonchev–Trinajstić information content (AvgIpc) is 3.29. The lowest BCUT2D eigenvalue weighted by molar-refractivity contribution is 0.0672. The Bertz CT molecular complexity index is 1090. The first-order valence-corrected chi connectivity index (χ1v) is 10.8. The van der Waals surface area contributed by atoms with Crippen molar-refractivity contribution in [3.05, 3.63) is 52.0 Å². The molecule has 0 aliphatic carbocycles. The number of H-pyrrole nitrogens is 1. The van der Waals surface area contributed by atoms with Crippen LogP contribution >= 0.6 is 0 Å². The van der Waals surface area contributed by atoms with Gasteiger partial charge in [0.25, 0.3) is 5.56 Å². The second-order valence-corrected chi connectivity index (χ2v) is 8.66. The molecule has 2 aliphatic heterocycles. The second-order valence-electron chi connectivity index (χ2n) is 8.66. The zero-order chi connectivity index (χ0) is 20.7. The Morgan fingerprint density at radius 3 is 2.87 bits per heavy atom. The van der Waals surface area contributed by atoms with E-state index >= 15 is 0 Å². The van der Waals surface area contributed by atoms with Crippen LogP contribution in [0.5, 0.6) is 0 Å². The predicted molar refractivity (Wildman–Crippen MR) is 113 cm³/mol. The monoisotopic (exact) mass is 408 g/mol. The molecule has 0 amide bonds. The molecule has 3 aromatic rings. The van der Waals surface area contributed by atoms with Gasteiger partial charge in [0.1, 0.15) is 11.2 Å². The molecule has 0 bridgehead atoms. The standard InChI is InChI=1S/C22H28N6O2/c1-14-11-27(12-16-4-3-7-23-10-16)13-18(14)20-24-21-19(22(29)25-20)15(2)26-28(21)17-5-8-30-9-6-17/h3-4,7,10,14,17-18H,5-6,8-9,11-13H2,1-2H3,(H,24,25,29)/t14-,18-/m1/s1. The number of aromatic nitrogens is 5. The topological polar surface area (TPSA) is 88.9 Å². The van der Waals surface area contributed by atoms with Crippen LogP contribution in [-0.4, -0.2) is 55.9 Å². The molecule has 0 radical (unpaired) electrons. The maximum absolute atomic E-state index is 13.0. The Morgan fingerprint density at radius 2 is 2.10 bits per heavy atom. The number of likely N-dealkylation sites (tertiary alicyclic amines) is 1. The van der Waals surface area contributed by atoms with Gasteiger partial charge < -0.3 is 9.72 Å². The SMILES string of the molecule is Cc1nn(C2CCOCC2)c2nc([C@@H]3CN(Cc4cccnc4)C[C@H]3C)[nH]c(=O)c12. The van der Waals surface area contributed by atoms with E-state index in [1.807, 2.05) is 23.9 Å². The minimum absolute atomic E-state index is 0.0799. The van der Waals surface area contributed by atoms with Crippen LogP contribution in [0.1, 0.15) is 48.8 Å². The summed E-state index contributed by atoms with van der Waals surface area (Å²) in [7, 11) is 0. The number of pyridine rings is 1. The maximum Gasteiger partial charge on any atom is 0.262 e. The predicted octanol–water partition coefficient (Wildman–Crippen LogP) is 2.41. The van der Waals surface area contributed by atoms with Crippen molar-refractivity contribution in [2.24, 2.45) is 5.92 Å². The lowest BCUT2D eigenvalue weighted by Gasteiger charge is -2.23. The van der Waals surface area contributed by atoms with Crippen molar-refractivity contribution >= 4 is 11.0 Å². The summed E-state index contributed by atoms with van der Waals surface area (Å²) in [6.45, 7) is 8.28. The van der Waals surface area contributed by atoms with Crippen LogP contribution in [0.3, 0.4) is 0 Å². The first-order chi connectivity index (χ1) is 14.6. The number of nitrogens with one attached hydrogen (secondary N) is 1. The Morgan fingerprint density at radius 1 is 1.27 bits per heavy atom. The van der Waals surface area contributed by atoms with Gasteiger partial charge in [0.05, 0.1) is 11.7 Å². The molecule has 0 aromatic carbocycles. The fourth-order valence-corrected chi connectivity index (χ4v) is 4.89. The van der Waals surface area contributed by atoms with Gasteiger partial charge in [-0.3, -0.25) is 14.7 Å². The molecule has 5 heterocycles. The molecule has 2 saturated heterocycles. The average molecular weight is 409 g/mol. The highest BCUT2D eigenvalue weighted by Gasteiger charge is 2.33. The summed E-state index contributed by atoms with van der Waals surface area (Å²) in [5.74, 6) is 1.38. The van der Waals surface area contributed by atoms with E-state index in [4.69, 9.17) is 14.8 Å². The molecule has 2 atom stereocenters. The van der Waals surface area contributed by atoms with Gasteiger partial charge in [-0.1, -0.05) is 13.0 Å². The summed E-state index contributed by atoms with van der Waals surface area (Å²) < 4.78 is 7.48. The van der Waals surface area contributed by atoms with Gasteiger partial charge in [-0.05, 0) is 37.3 Å². The van der Waals surface area contributed by atoms with E-state index in [1.54, 1.807) is 6.20 Å². The number of hydrogen-bond acceptors (Lipinski definition) is 6. The molecular weight excluding hydrogens is 380 g/mol. The van der Waals surface area contributed by atoms with Crippen LogP contribution in [0.15, 0.2) is 29.3 Å². The third-order valence-electron chi connectivity index (χ3n) is 6.46. The lowest BCUT2D eigenvalue weighted by Crippen LogP contribution is -2.23. The molecule has 30 heavy (non-hydrogen) atoms. The maximum atomic E-state index is 13.0. The first kappa shape index (κ1) is 19.4. The normalized spacial score (nSPS) is 23.4. The molecule has 2 fully saturated rings. The van der Waals surface area contributed by atoms with Gasteiger partial charge in [-0.2, -0.15) is 5.10 Å². The van der Waals surface area contributed by atoms with Crippen molar-refractivity contribution in [1.29, 1.82) is 0 Å². The first-order valence-electron chi connectivity index (χ1n) is 10.8. The molecule has 0 unspecified atom stereocenters. The zero-order valence-electron chi connectivity index (χ0n) is 17.5. The highest BCUT2D eigenvalue weighted by atomic mass is 16.5. The van der Waals surface area contributed by atoms with E-state index < -0.39 is 0 Å². The van der Waals surface area contributed by atoms with Gasteiger partial charge in [-0.25, -0.2) is 9.67 Å². The fourth-order valence-electron chi connectivity index (χ4n) is 4.89. The van der Waals surface area contributed by atoms with E-state index in [9.17, 15) is 4.79 Å². The molecule has 3 aromatic heterocycles. The molecular formula is C22H28N6O2. The van der Waals surface area contributed by atoms with Crippen molar-refractivity contribution in [3.8, 4) is 0 Å². The molecule has 8 nitrogen and oxygen atoms in total. The third-order valence-corrected chi connectivity index (χ3v) is 6.46. The molecule has 0 saturated carbocycles. The molecule has 0 spiro atoms. The van der Waals surface area contributed by atoms with Gasteiger partial charge in [0.2, 0.25) is 0 Å². The minimum Gasteiger partial charge on any atom is -0.381 e. The van der Waals surface area contributed by atoms with Crippen molar-refractivity contribution in [2.75, 3.05) is 26.3 Å². The van der Waals surface area contributed by atoms with Crippen molar-refractivity contribution < 1.29 is 4.74 Å². The van der Waals surface area contributed by atoms with Crippen LogP contribution in [0.25, 0.3) is 11.0 Å². The number of hydrogen-bond donors (Lipinski definition) is 1. The quantitative estimate of drug-likeness (QED) is 0.713. The number of fused-ring (bicyclic) bond motifs is 1.